The molecule has 1 aromatic heterocycles. The van der Waals surface area contributed by atoms with Crippen molar-refractivity contribution in [3.05, 3.63) is 16.1 Å². The second-order valence-corrected chi connectivity index (χ2v) is 9.65. The Morgan fingerprint density at radius 3 is 2.74 bits per heavy atom. The Labute approximate surface area is 140 Å². The van der Waals surface area contributed by atoms with Gasteiger partial charge in [-0.2, -0.15) is 0 Å². The third kappa shape index (κ3) is 3.42. The smallest absolute Gasteiger partial charge is 0.273 e. The summed E-state index contributed by atoms with van der Waals surface area (Å²) in [4.78, 5) is 23.0. The number of carbonyl (C=O) groups excluding carboxylic acids is 1. The fourth-order valence-corrected chi connectivity index (χ4v) is 6.22. The molecule has 128 valence electrons. The van der Waals surface area contributed by atoms with Crippen LogP contribution in [0, 0.1) is 0 Å². The highest BCUT2D eigenvalue weighted by Crippen LogP contribution is 2.27. The number of likely N-dealkylation sites (N-methyl/N-ethyl adjacent to an activating group) is 1. The van der Waals surface area contributed by atoms with Crippen LogP contribution >= 0.6 is 11.3 Å². The molecule has 0 N–H and O–H groups in total. The van der Waals surface area contributed by atoms with E-state index in [0.717, 1.165) is 5.01 Å². The van der Waals surface area contributed by atoms with Crippen LogP contribution in [0.15, 0.2) is 5.38 Å². The third-order valence-electron chi connectivity index (χ3n) is 4.44. The van der Waals surface area contributed by atoms with Crippen molar-refractivity contribution in [1.82, 2.24) is 19.7 Å². The first-order chi connectivity index (χ1) is 10.8. The SMILES string of the molecule is CN(C)Cc1nc(C(=O)N2CCN(C)[C@@H]3CS(=O)(=O)C[C@@H]32)cs1. The van der Waals surface area contributed by atoms with E-state index in [0.29, 0.717) is 25.3 Å². The summed E-state index contributed by atoms with van der Waals surface area (Å²) in [6, 6.07) is -0.358. The van der Waals surface area contributed by atoms with Crippen molar-refractivity contribution in [3.63, 3.8) is 0 Å². The lowest BCUT2D eigenvalue weighted by molar-refractivity contribution is 0.0405. The summed E-state index contributed by atoms with van der Waals surface area (Å²) < 4.78 is 24.0. The number of hydrogen-bond acceptors (Lipinski definition) is 7. The van der Waals surface area contributed by atoms with Gasteiger partial charge in [-0.15, -0.1) is 11.3 Å². The quantitative estimate of drug-likeness (QED) is 0.742. The summed E-state index contributed by atoms with van der Waals surface area (Å²) >= 11 is 1.47. The van der Waals surface area contributed by atoms with Gasteiger partial charge < -0.3 is 9.80 Å². The van der Waals surface area contributed by atoms with Crippen molar-refractivity contribution in [2.45, 2.75) is 18.6 Å². The molecule has 2 aliphatic heterocycles. The van der Waals surface area contributed by atoms with Crippen LogP contribution in [0.3, 0.4) is 0 Å². The Hall–Kier alpha value is -1.03. The van der Waals surface area contributed by atoms with E-state index >= 15 is 0 Å². The van der Waals surface area contributed by atoms with Gasteiger partial charge in [-0.05, 0) is 21.1 Å². The fraction of sp³-hybridized carbons (Fsp3) is 0.714. The summed E-state index contributed by atoms with van der Waals surface area (Å²) in [6.07, 6.45) is 0. The number of thiazole rings is 1. The summed E-state index contributed by atoms with van der Waals surface area (Å²) in [5.41, 5.74) is 0.430. The van der Waals surface area contributed by atoms with E-state index in [2.05, 4.69) is 9.88 Å². The summed E-state index contributed by atoms with van der Waals surface area (Å²) in [5, 5.41) is 2.67. The lowest BCUT2D eigenvalue weighted by atomic mass is 10.1. The Balaban J connectivity index is 1.80. The molecular formula is C14H22N4O3S2. The van der Waals surface area contributed by atoms with Crippen LogP contribution in [0.1, 0.15) is 15.5 Å². The minimum absolute atomic E-state index is 0.0580. The van der Waals surface area contributed by atoms with Crippen LogP contribution in [0.25, 0.3) is 0 Å². The number of hydrogen-bond donors (Lipinski definition) is 0. The van der Waals surface area contributed by atoms with Crippen LogP contribution < -0.4 is 0 Å². The predicted octanol–water partition coefficient (Wildman–Crippen LogP) is -0.242. The zero-order valence-corrected chi connectivity index (χ0v) is 15.2. The number of fused-ring (bicyclic) bond motifs is 1. The highest BCUT2D eigenvalue weighted by Gasteiger charge is 2.47. The summed E-state index contributed by atoms with van der Waals surface area (Å²) in [5.74, 6) is 0.0509. The van der Waals surface area contributed by atoms with Gasteiger partial charge >= 0.3 is 0 Å². The monoisotopic (exact) mass is 358 g/mol. The Kier molecular flexibility index (Phi) is 4.47. The van der Waals surface area contributed by atoms with Gasteiger partial charge in [-0.3, -0.25) is 9.69 Å². The van der Waals surface area contributed by atoms with Gasteiger partial charge in [-0.1, -0.05) is 0 Å². The Bertz CT molecular complexity index is 701. The van der Waals surface area contributed by atoms with E-state index in [-0.39, 0.29) is 29.5 Å². The van der Waals surface area contributed by atoms with Crippen LogP contribution in [0.5, 0.6) is 0 Å². The second-order valence-electron chi connectivity index (χ2n) is 6.56. The molecular weight excluding hydrogens is 336 g/mol. The van der Waals surface area contributed by atoms with Gasteiger partial charge in [0.2, 0.25) is 0 Å². The van der Waals surface area contributed by atoms with Crippen molar-refractivity contribution < 1.29 is 13.2 Å². The average Bonchev–Trinajstić information content (AvgIpc) is 3.02. The minimum atomic E-state index is -3.08. The lowest BCUT2D eigenvalue weighted by Gasteiger charge is -2.41. The Morgan fingerprint density at radius 1 is 1.35 bits per heavy atom. The molecule has 3 rings (SSSR count). The highest BCUT2D eigenvalue weighted by atomic mass is 32.2. The minimum Gasteiger partial charge on any atom is -0.330 e. The van der Waals surface area contributed by atoms with Gasteiger partial charge in [0.05, 0.1) is 17.5 Å². The lowest BCUT2D eigenvalue weighted by Crippen LogP contribution is -2.59. The van der Waals surface area contributed by atoms with Crippen LogP contribution in [-0.2, 0) is 16.4 Å². The number of rotatable bonds is 3. The molecule has 0 unspecified atom stereocenters. The average molecular weight is 358 g/mol. The predicted molar refractivity (Wildman–Crippen MR) is 89.4 cm³/mol. The van der Waals surface area contributed by atoms with Crippen molar-refractivity contribution in [1.29, 1.82) is 0 Å². The van der Waals surface area contributed by atoms with Gasteiger partial charge in [0.1, 0.15) is 10.7 Å². The zero-order chi connectivity index (χ0) is 16.8. The van der Waals surface area contributed by atoms with E-state index in [9.17, 15) is 13.2 Å². The maximum Gasteiger partial charge on any atom is 0.273 e. The third-order valence-corrected chi connectivity index (χ3v) is 6.97. The molecule has 2 aliphatic rings. The molecule has 0 aliphatic carbocycles. The van der Waals surface area contributed by atoms with Crippen molar-refractivity contribution in [3.8, 4) is 0 Å². The van der Waals surface area contributed by atoms with Gasteiger partial charge in [0.15, 0.2) is 9.84 Å². The largest absolute Gasteiger partial charge is 0.330 e. The molecule has 0 spiro atoms. The van der Waals surface area contributed by atoms with E-state index in [4.69, 9.17) is 0 Å². The number of nitrogens with zero attached hydrogens (tertiary/aromatic N) is 4. The molecule has 7 nitrogen and oxygen atoms in total. The van der Waals surface area contributed by atoms with E-state index in [1.54, 1.807) is 10.3 Å². The number of carbonyl (C=O) groups is 1. The van der Waals surface area contributed by atoms with Gasteiger partial charge in [0.25, 0.3) is 5.91 Å². The van der Waals surface area contributed by atoms with Gasteiger partial charge in [-0.25, -0.2) is 13.4 Å². The number of sulfone groups is 1. The van der Waals surface area contributed by atoms with Crippen LogP contribution in [-0.4, -0.2) is 91.8 Å². The second kappa shape index (κ2) is 6.12. The molecule has 2 atom stereocenters. The van der Waals surface area contributed by atoms with Crippen molar-refractivity contribution >= 4 is 27.1 Å². The van der Waals surface area contributed by atoms with E-state index in [1.807, 2.05) is 26.0 Å². The van der Waals surface area contributed by atoms with E-state index in [1.165, 1.54) is 11.3 Å². The standard InChI is InChI=1S/C14H22N4O3S2/c1-16(2)6-13-15-10(7-22-13)14(19)18-5-4-17(3)11-8-23(20,21)9-12(11)18/h7,11-12H,4-6,8-9H2,1-3H3/t11-,12+/m1/s1. The number of piperazine rings is 1. The highest BCUT2D eigenvalue weighted by molar-refractivity contribution is 7.91. The van der Waals surface area contributed by atoms with Crippen molar-refractivity contribution in [2.24, 2.45) is 0 Å². The molecule has 0 aromatic carbocycles. The molecule has 23 heavy (non-hydrogen) atoms. The summed E-state index contributed by atoms with van der Waals surface area (Å²) in [6.45, 7) is 1.94. The van der Waals surface area contributed by atoms with Gasteiger partial charge in [0, 0.05) is 31.1 Å². The normalized spacial score (nSPS) is 27.4. The maximum atomic E-state index is 12.8. The van der Waals surface area contributed by atoms with Crippen LogP contribution in [0.2, 0.25) is 0 Å². The molecule has 0 bridgehead atoms. The first kappa shape index (κ1) is 16.8. The summed E-state index contributed by atoms with van der Waals surface area (Å²) in [7, 11) is 2.76. The zero-order valence-electron chi connectivity index (χ0n) is 13.6. The fourth-order valence-electron chi connectivity index (χ4n) is 3.28. The molecule has 1 aromatic rings. The van der Waals surface area contributed by atoms with E-state index < -0.39 is 9.84 Å². The maximum absolute atomic E-state index is 12.8. The Morgan fingerprint density at radius 2 is 2.04 bits per heavy atom. The molecule has 2 fully saturated rings. The van der Waals surface area contributed by atoms with Crippen LogP contribution in [0.4, 0.5) is 0 Å². The number of aromatic nitrogens is 1. The number of amides is 1. The molecule has 0 saturated carbocycles. The molecule has 3 heterocycles. The molecule has 2 saturated heterocycles. The first-order valence-electron chi connectivity index (χ1n) is 7.57. The molecule has 1 amide bonds. The molecule has 0 radical (unpaired) electrons. The molecule has 9 heteroatoms. The first-order valence-corrected chi connectivity index (χ1v) is 10.3. The van der Waals surface area contributed by atoms with Crippen molar-refractivity contribution in [2.75, 3.05) is 45.7 Å². The topological polar surface area (TPSA) is 73.8 Å².